The summed E-state index contributed by atoms with van der Waals surface area (Å²) in [6.45, 7) is 1.90. The van der Waals surface area contributed by atoms with Gasteiger partial charge in [0.25, 0.3) is 0 Å². The Morgan fingerprint density at radius 2 is 2.04 bits per heavy atom. The Morgan fingerprint density at radius 1 is 1.14 bits per heavy atom. The minimum atomic E-state index is -0.119. The molecule has 0 spiro atoms. The molecule has 28 heavy (non-hydrogen) atoms. The second kappa shape index (κ2) is 6.82. The van der Waals surface area contributed by atoms with Gasteiger partial charge in [0, 0.05) is 23.2 Å². The van der Waals surface area contributed by atoms with E-state index in [9.17, 15) is 0 Å². The topological polar surface area (TPSA) is 49.6 Å². The van der Waals surface area contributed by atoms with E-state index in [1.165, 1.54) is 6.40 Å². The summed E-state index contributed by atoms with van der Waals surface area (Å²) in [5.74, 6) is 2.74. The zero-order valence-electron chi connectivity index (χ0n) is 15.2. The zero-order valence-corrected chi connectivity index (χ0v) is 15.2. The largest absolute Gasteiger partial charge is 0.472 e. The summed E-state index contributed by atoms with van der Waals surface area (Å²) < 4.78 is 5.61. The fourth-order valence-electron chi connectivity index (χ4n) is 3.76. The maximum absolute atomic E-state index is 5.66. The molecule has 0 aromatic heterocycles. The first-order valence-corrected chi connectivity index (χ1v) is 9.21. The molecule has 5 nitrogen and oxygen atoms in total. The number of ether oxygens (including phenoxy) is 1. The van der Waals surface area contributed by atoms with Crippen molar-refractivity contribution in [3.8, 4) is 12.3 Å². The van der Waals surface area contributed by atoms with Gasteiger partial charge in [-0.05, 0) is 23.8 Å². The first kappa shape index (κ1) is 16.5. The molecule has 2 aromatic carbocycles. The van der Waals surface area contributed by atoms with E-state index >= 15 is 0 Å². The average molecular weight is 366 g/mol. The Bertz CT molecular complexity index is 1080. The van der Waals surface area contributed by atoms with Crippen LogP contribution in [0.15, 0.2) is 74.8 Å². The molecule has 0 fully saturated rings. The van der Waals surface area contributed by atoms with Crippen molar-refractivity contribution in [1.29, 1.82) is 0 Å². The highest BCUT2D eigenvalue weighted by Crippen LogP contribution is 2.31. The molecular weight excluding hydrogens is 348 g/mol. The number of anilines is 1. The molecule has 3 heterocycles. The molecule has 1 unspecified atom stereocenters. The molecule has 5 rings (SSSR count). The molecular formula is C23H18N4O. The molecule has 2 aromatic rings. The number of aliphatic imine (C=N–C) groups is 3. The lowest BCUT2D eigenvalue weighted by atomic mass is 9.96. The lowest BCUT2D eigenvalue weighted by Crippen LogP contribution is -2.34. The molecule has 136 valence electrons. The van der Waals surface area contributed by atoms with Gasteiger partial charge in [0.15, 0.2) is 12.5 Å². The molecule has 0 saturated heterocycles. The van der Waals surface area contributed by atoms with E-state index in [1.807, 2.05) is 36.7 Å². The first-order valence-electron chi connectivity index (χ1n) is 9.21. The van der Waals surface area contributed by atoms with E-state index in [0.29, 0.717) is 13.1 Å². The highest BCUT2D eigenvalue weighted by Gasteiger charge is 2.28. The van der Waals surface area contributed by atoms with Gasteiger partial charge in [-0.15, -0.1) is 6.42 Å². The van der Waals surface area contributed by atoms with Crippen molar-refractivity contribution in [1.82, 2.24) is 0 Å². The minimum Gasteiger partial charge on any atom is -0.472 e. The van der Waals surface area contributed by atoms with Crippen LogP contribution in [0.25, 0.3) is 0 Å². The van der Waals surface area contributed by atoms with Crippen molar-refractivity contribution in [2.24, 2.45) is 15.0 Å². The van der Waals surface area contributed by atoms with Crippen LogP contribution in [-0.2, 0) is 4.74 Å². The maximum Gasteiger partial charge on any atom is 0.170 e. The second-order valence-corrected chi connectivity index (χ2v) is 6.86. The molecule has 0 N–H and O–H groups in total. The molecule has 0 saturated carbocycles. The van der Waals surface area contributed by atoms with Gasteiger partial charge in [-0.25, -0.2) is 4.99 Å². The number of rotatable bonds is 2. The monoisotopic (exact) mass is 366 g/mol. The molecule has 0 amide bonds. The lowest BCUT2D eigenvalue weighted by Gasteiger charge is -2.31. The van der Waals surface area contributed by atoms with Crippen molar-refractivity contribution >= 4 is 24.1 Å². The van der Waals surface area contributed by atoms with Crippen molar-refractivity contribution < 1.29 is 4.74 Å². The lowest BCUT2D eigenvalue weighted by molar-refractivity contribution is 0.268. The summed E-state index contributed by atoms with van der Waals surface area (Å²) in [7, 11) is 0. The predicted octanol–water partition coefficient (Wildman–Crippen LogP) is 3.05. The Labute approximate surface area is 163 Å². The number of nitrogens with zero attached hydrogens (tertiary/aromatic N) is 4. The molecule has 5 heteroatoms. The Hall–Kier alpha value is -3.65. The van der Waals surface area contributed by atoms with Crippen molar-refractivity contribution in [2.75, 3.05) is 24.5 Å². The molecule has 3 aliphatic heterocycles. The number of hydrogen-bond donors (Lipinski definition) is 0. The molecule has 3 aliphatic rings. The zero-order chi connectivity index (χ0) is 18.9. The van der Waals surface area contributed by atoms with Gasteiger partial charge < -0.3 is 9.64 Å². The van der Waals surface area contributed by atoms with Crippen LogP contribution in [0, 0.1) is 12.3 Å². The summed E-state index contributed by atoms with van der Waals surface area (Å²) in [6, 6.07) is 16.3. The number of hydrogen-bond acceptors (Lipinski definition) is 5. The quantitative estimate of drug-likeness (QED) is 0.767. The van der Waals surface area contributed by atoms with Crippen LogP contribution in [0.5, 0.6) is 0 Å². The Balaban J connectivity index is 1.67. The SMILES string of the molecule is C#Cc1ccc2c(c1)C(c1ccccc1)=NCC1=C(C3CN=CO3)N=CN2C1. The van der Waals surface area contributed by atoms with E-state index < -0.39 is 0 Å². The van der Waals surface area contributed by atoms with Crippen molar-refractivity contribution in [3.63, 3.8) is 0 Å². The van der Waals surface area contributed by atoms with Gasteiger partial charge >= 0.3 is 0 Å². The van der Waals surface area contributed by atoms with E-state index in [1.54, 1.807) is 0 Å². The average Bonchev–Trinajstić information content (AvgIpc) is 3.28. The summed E-state index contributed by atoms with van der Waals surface area (Å²) in [6.07, 6.45) is 8.93. The summed E-state index contributed by atoms with van der Waals surface area (Å²) in [5, 5.41) is 0. The third-order valence-corrected chi connectivity index (χ3v) is 5.14. The van der Waals surface area contributed by atoms with Crippen LogP contribution in [-0.4, -0.2) is 44.2 Å². The van der Waals surface area contributed by atoms with Crippen LogP contribution in [0.4, 0.5) is 5.69 Å². The Kier molecular flexibility index (Phi) is 4.02. The minimum absolute atomic E-state index is 0.119. The van der Waals surface area contributed by atoms with Gasteiger partial charge in [0.2, 0.25) is 0 Å². The highest BCUT2D eigenvalue weighted by molar-refractivity contribution is 6.17. The van der Waals surface area contributed by atoms with Crippen LogP contribution in [0.1, 0.15) is 16.7 Å². The van der Waals surface area contributed by atoms with Gasteiger partial charge in [-0.2, -0.15) is 0 Å². The van der Waals surface area contributed by atoms with Crippen molar-refractivity contribution in [2.45, 2.75) is 6.10 Å². The van der Waals surface area contributed by atoms with Crippen molar-refractivity contribution in [3.05, 3.63) is 76.5 Å². The fourth-order valence-corrected chi connectivity index (χ4v) is 3.76. The molecule has 1 atom stereocenters. The predicted molar refractivity (Wildman–Crippen MR) is 112 cm³/mol. The third-order valence-electron chi connectivity index (χ3n) is 5.14. The highest BCUT2D eigenvalue weighted by atomic mass is 16.5. The van der Waals surface area contributed by atoms with E-state index in [-0.39, 0.29) is 6.10 Å². The number of fused-ring (bicyclic) bond motifs is 4. The summed E-state index contributed by atoms with van der Waals surface area (Å²) >= 11 is 0. The van der Waals surface area contributed by atoms with Crippen LogP contribution in [0.2, 0.25) is 0 Å². The fraction of sp³-hybridized carbons (Fsp3) is 0.174. The number of terminal acetylenes is 1. The van der Waals surface area contributed by atoms with Crippen LogP contribution < -0.4 is 4.90 Å². The molecule has 2 bridgehead atoms. The smallest absolute Gasteiger partial charge is 0.170 e. The number of benzene rings is 2. The third kappa shape index (κ3) is 2.80. The Morgan fingerprint density at radius 3 is 2.82 bits per heavy atom. The second-order valence-electron chi connectivity index (χ2n) is 6.86. The summed E-state index contributed by atoms with van der Waals surface area (Å²) in [4.78, 5) is 16.0. The van der Waals surface area contributed by atoms with E-state index in [4.69, 9.17) is 21.1 Å². The van der Waals surface area contributed by atoms with Gasteiger partial charge in [-0.3, -0.25) is 9.98 Å². The van der Waals surface area contributed by atoms with Gasteiger partial charge in [0.1, 0.15) is 0 Å². The van der Waals surface area contributed by atoms with Gasteiger partial charge in [-0.1, -0.05) is 36.3 Å². The molecule has 0 radical (unpaired) electrons. The summed E-state index contributed by atoms with van der Waals surface area (Å²) in [5.41, 5.74) is 7.00. The first-order chi connectivity index (χ1) is 13.8. The molecule has 0 aliphatic carbocycles. The van der Waals surface area contributed by atoms with E-state index in [0.717, 1.165) is 45.9 Å². The van der Waals surface area contributed by atoms with Crippen LogP contribution in [0.3, 0.4) is 0 Å². The van der Waals surface area contributed by atoms with E-state index in [2.05, 4.69) is 34.0 Å². The van der Waals surface area contributed by atoms with Gasteiger partial charge in [0.05, 0.1) is 36.5 Å². The standard InChI is InChI=1S/C23H18N4O/c1-2-16-8-9-20-19(10-16)22(17-6-4-3-5-7-17)25-11-18-13-27(20)14-26-23(18)21-12-24-15-28-21/h1,3-10,14-15,21H,11-13H2. The maximum atomic E-state index is 5.66. The van der Waals surface area contributed by atoms with Crippen LogP contribution >= 0.6 is 0 Å². The normalized spacial score (nSPS) is 20.0.